The Morgan fingerprint density at radius 1 is 1.24 bits per heavy atom. The molecule has 0 aliphatic rings. The summed E-state index contributed by atoms with van der Waals surface area (Å²) >= 11 is 7.22. The molecular weight excluding hydrogens is 258 g/mol. The summed E-state index contributed by atoms with van der Waals surface area (Å²) < 4.78 is 0. The van der Waals surface area contributed by atoms with Gasteiger partial charge in [-0.05, 0) is 29.8 Å². The van der Waals surface area contributed by atoms with Crippen LogP contribution in [-0.4, -0.2) is 13.0 Å². The quantitative estimate of drug-likeness (QED) is 0.866. The van der Waals surface area contributed by atoms with E-state index < -0.39 is 0 Å². The lowest BCUT2D eigenvalue weighted by atomic mass is 10.2. The third kappa shape index (κ3) is 2.85. The number of carbonyl (C=O) groups is 1. The first-order valence-corrected chi connectivity index (χ1v) is 6.09. The Bertz CT molecular complexity index is 522. The van der Waals surface area contributed by atoms with E-state index in [1.54, 1.807) is 6.07 Å². The van der Waals surface area contributed by atoms with Crippen molar-refractivity contribution in [3.05, 3.63) is 46.3 Å². The highest BCUT2D eigenvalue weighted by atomic mass is 35.5. The van der Waals surface area contributed by atoms with Crippen LogP contribution < -0.4 is 5.48 Å². The average Bonchev–Trinajstić information content (AvgIpc) is 2.80. The van der Waals surface area contributed by atoms with Crippen molar-refractivity contribution in [2.75, 3.05) is 7.11 Å². The summed E-state index contributed by atoms with van der Waals surface area (Å²) in [5.74, 6) is -0.238. The molecule has 2 aromatic rings. The first kappa shape index (κ1) is 12.1. The second-order valence-corrected chi connectivity index (χ2v) is 4.83. The highest BCUT2D eigenvalue weighted by molar-refractivity contribution is 7.17. The van der Waals surface area contributed by atoms with Crippen LogP contribution in [0.5, 0.6) is 0 Å². The number of halogens is 1. The predicted molar refractivity (Wildman–Crippen MR) is 69.2 cm³/mol. The van der Waals surface area contributed by atoms with Crippen molar-refractivity contribution >= 4 is 28.8 Å². The summed E-state index contributed by atoms with van der Waals surface area (Å²) in [7, 11) is 1.41. The molecule has 0 aliphatic heterocycles. The summed E-state index contributed by atoms with van der Waals surface area (Å²) in [6, 6.07) is 11.2. The van der Waals surface area contributed by atoms with Crippen LogP contribution in [0.4, 0.5) is 0 Å². The van der Waals surface area contributed by atoms with Crippen LogP contribution >= 0.6 is 22.9 Å². The molecule has 1 heterocycles. The molecule has 1 aromatic heterocycles. The zero-order chi connectivity index (χ0) is 12.3. The lowest BCUT2D eigenvalue weighted by Crippen LogP contribution is -2.20. The molecule has 0 atom stereocenters. The zero-order valence-electron chi connectivity index (χ0n) is 9.07. The molecule has 1 amide bonds. The van der Waals surface area contributed by atoms with Crippen LogP contribution in [0.25, 0.3) is 10.4 Å². The Hall–Kier alpha value is -1.36. The molecule has 0 saturated carbocycles. The Labute approximate surface area is 108 Å². The Morgan fingerprint density at radius 3 is 2.59 bits per heavy atom. The Balaban J connectivity index is 2.23. The zero-order valence-corrected chi connectivity index (χ0v) is 10.6. The lowest BCUT2D eigenvalue weighted by molar-refractivity contribution is 0.0542. The maximum Gasteiger partial charge on any atom is 0.284 e. The van der Waals surface area contributed by atoms with E-state index in [4.69, 9.17) is 11.6 Å². The fraction of sp³-hybridized carbons (Fsp3) is 0.0833. The van der Waals surface area contributed by atoms with Crippen molar-refractivity contribution in [1.82, 2.24) is 5.48 Å². The highest BCUT2D eigenvalue weighted by Crippen LogP contribution is 2.28. The smallest absolute Gasteiger partial charge is 0.277 e. The van der Waals surface area contributed by atoms with Gasteiger partial charge in [0.1, 0.15) is 0 Å². The maximum absolute atomic E-state index is 11.5. The molecule has 0 radical (unpaired) electrons. The molecule has 0 bridgehead atoms. The number of amides is 1. The van der Waals surface area contributed by atoms with Crippen molar-refractivity contribution < 1.29 is 9.63 Å². The molecule has 0 unspecified atom stereocenters. The second kappa shape index (κ2) is 5.31. The van der Waals surface area contributed by atoms with E-state index in [0.717, 1.165) is 10.4 Å². The van der Waals surface area contributed by atoms with Crippen LogP contribution in [0.15, 0.2) is 36.4 Å². The van der Waals surface area contributed by atoms with E-state index in [-0.39, 0.29) is 5.91 Å². The van der Waals surface area contributed by atoms with Gasteiger partial charge in [0.2, 0.25) is 0 Å². The number of carbonyl (C=O) groups excluding carboxylic acids is 1. The second-order valence-electron chi connectivity index (χ2n) is 3.31. The van der Waals surface area contributed by atoms with Crippen molar-refractivity contribution in [2.45, 2.75) is 0 Å². The normalized spacial score (nSPS) is 10.2. The van der Waals surface area contributed by atoms with Crippen LogP contribution in [0, 0.1) is 0 Å². The molecule has 0 aliphatic carbocycles. The van der Waals surface area contributed by atoms with Gasteiger partial charge in [-0.15, -0.1) is 11.3 Å². The fourth-order valence-electron chi connectivity index (χ4n) is 1.37. The third-order valence-corrected chi connectivity index (χ3v) is 3.54. The Morgan fingerprint density at radius 2 is 1.94 bits per heavy atom. The molecule has 0 saturated heterocycles. The van der Waals surface area contributed by atoms with Crippen molar-refractivity contribution in [3.8, 4) is 10.4 Å². The summed E-state index contributed by atoms with van der Waals surface area (Å²) in [6.45, 7) is 0. The average molecular weight is 268 g/mol. The molecule has 2 rings (SSSR count). The number of nitrogens with one attached hydrogen (secondary N) is 1. The highest BCUT2D eigenvalue weighted by Gasteiger charge is 2.09. The van der Waals surface area contributed by atoms with E-state index in [1.807, 2.05) is 30.3 Å². The minimum absolute atomic E-state index is 0.238. The van der Waals surface area contributed by atoms with Gasteiger partial charge in [0.25, 0.3) is 5.91 Å². The summed E-state index contributed by atoms with van der Waals surface area (Å²) in [5, 5.41) is 0.697. The monoisotopic (exact) mass is 267 g/mol. The molecule has 5 heteroatoms. The van der Waals surface area contributed by atoms with Gasteiger partial charge in [0, 0.05) is 9.90 Å². The summed E-state index contributed by atoms with van der Waals surface area (Å²) in [4.78, 5) is 17.7. The van der Waals surface area contributed by atoms with Gasteiger partial charge < -0.3 is 0 Å². The van der Waals surface area contributed by atoms with Gasteiger partial charge in [-0.3, -0.25) is 9.63 Å². The maximum atomic E-state index is 11.5. The number of thiophene rings is 1. The van der Waals surface area contributed by atoms with Crippen molar-refractivity contribution in [1.29, 1.82) is 0 Å². The van der Waals surface area contributed by atoms with Crippen LogP contribution in [-0.2, 0) is 4.84 Å². The molecule has 3 nitrogen and oxygen atoms in total. The molecule has 1 aromatic carbocycles. The van der Waals surface area contributed by atoms with E-state index in [0.29, 0.717) is 9.90 Å². The van der Waals surface area contributed by atoms with Gasteiger partial charge >= 0.3 is 0 Å². The number of hydrogen-bond donors (Lipinski definition) is 1. The topological polar surface area (TPSA) is 38.3 Å². The molecule has 0 fully saturated rings. The van der Waals surface area contributed by atoms with E-state index in [1.165, 1.54) is 18.4 Å². The van der Waals surface area contributed by atoms with Gasteiger partial charge in [0.05, 0.1) is 12.0 Å². The minimum atomic E-state index is -0.238. The molecular formula is C12H10ClNO2S. The SMILES string of the molecule is CONC(=O)c1ccc(-c2ccc(Cl)cc2)s1. The van der Waals surface area contributed by atoms with Crippen LogP contribution in [0.1, 0.15) is 9.67 Å². The number of hydroxylamine groups is 1. The summed E-state index contributed by atoms with van der Waals surface area (Å²) in [5.41, 5.74) is 3.32. The molecule has 1 N–H and O–H groups in total. The standard InChI is InChI=1S/C12H10ClNO2S/c1-16-14-12(15)11-7-6-10(17-11)8-2-4-9(13)5-3-8/h2-7H,1H3,(H,14,15). The predicted octanol–water partition coefficient (Wildman–Crippen LogP) is 3.36. The van der Waals surface area contributed by atoms with Gasteiger partial charge in [-0.1, -0.05) is 23.7 Å². The van der Waals surface area contributed by atoms with Crippen LogP contribution in [0.2, 0.25) is 5.02 Å². The first-order chi connectivity index (χ1) is 8.20. The number of rotatable bonds is 3. The van der Waals surface area contributed by atoms with Gasteiger partial charge in [-0.2, -0.15) is 0 Å². The number of hydrogen-bond acceptors (Lipinski definition) is 3. The van der Waals surface area contributed by atoms with E-state index >= 15 is 0 Å². The molecule has 88 valence electrons. The summed E-state index contributed by atoms with van der Waals surface area (Å²) in [6.07, 6.45) is 0. The van der Waals surface area contributed by atoms with Gasteiger partial charge in [-0.25, -0.2) is 5.48 Å². The van der Waals surface area contributed by atoms with E-state index in [9.17, 15) is 4.79 Å². The Kier molecular flexibility index (Phi) is 3.78. The minimum Gasteiger partial charge on any atom is -0.277 e. The molecule has 17 heavy (non-hydrogen) atoms. The van der Waals surface area contributed by atoms with Crippen molar-refractivity contribution in [2.24, 2.45) is 0 Å². The first-order valence-electron chi connectivity index (χ1n) is 4.90. The van der Waals surface area contributed by atoms with Crippen LogP contribution in [0.3, 0.4) is 0 Å². The van der Waals surface area contributed by atoms with E-state index in [2.05, 4.69) is 10.3 Å². The third-order valence-electron chi connectivity index (χ3n) is 2.15. The lowest BCUT2D eigenvalue weighted by Gasteiger charge is -1.98. The largest absolute Gasteiger partial charge is 0.284 e. The fourth-order valence-corrected chi connectivity index (χ4v) is 2.40. The number of benzene rings is 1. The van der Waals surface area contributed by atoms with Crippen molar-refractivity contribution in [3.63, 3.8) is 0 Å². The molecule has 0 spiro atoms. The van der Waals surface area contributed by atoms with Gasteiger partial charge in [0.15, 0.2) is 0 Å².